The van der Waals surface area contributed by atoms with Gasteiger partial charge in [-0.05, 0) is 82.8 Å². The van der Waals surface area contributed by atoms with Gasteiger partial charge in [-0.3, -0.25) is 4.98 Å². The summed E-state index contributed by atoms with van der Waals surface area (Å²) in [7, 11) is 0. The van der Waals surface area contributed by atoms with E-state index < -0.39 is 0 Å². The van der Waals surface area contributed by atoms with Crippen LogP contribution in [0.2, 0.25) is 0 Å². The summed E-state index contributed by atoms with van der Waals surface area (Å²) >= 11 is 1.85. The molecule has 5 rings (SSSR count). The molecule has 0 bridgehead atoms. The Bertz CT molecular complexity index is 988. The molecule has 3 atom stereocenters. The first-order chi connectivity index (χ1) is 13.8. The number of hydrogen-bond acceptors (Lipinski definition) is 2. The lowest BCUT2D eigenvalue weighted by Crippen LogP contribution is -2.30. The lowest BCUT2D eigenvalue weighted by molar-refractivity contribution is 0.203. The average Bonchev–Trinajstić information content (AvgIpc) is 3.20. The smallest absolute Gasteiger partial charge is 0.123 e. The molecule has 1 fully saturated rings. The van der Waals surface area contributed by atoms with Crippen LogP contribution in [-0.2, 0) is 6.42 Å². The third-order valence-corrected chi connectivity index (χ3v) is 7.28. The normalized spacial score (nSPS) is 24.1. The second kappa shape index (κ2) is 7.63. The van der Waals surface area contributed by atoms with E-state index in [4.69, 9.17) is 0 Å². The van der Waals surface area contributed by atoms with E-state index in [9.17, 15) is 4.39 Å². The summed E-state index contributed by atoms with van der Waals surface area (Å²) in [5.74, 6) is 1.92. The van der Waals surface area contributed by atoms with Crippen molar-refractivity contribution in [3.63, 3.8) is 0 Å². The lowest BCUT2D eigenvalue weighted by Gasteiger charge is -2.40. The largest absolute Gasteiger partial charge is 0.256 e. The molecule has 28 heavy (non-hydrogen) atoms. The van der Waals surface area contributed by atoms with E-state index in [0.717, 1.165) is 28.7 Å². The molecule has 2 heterocycles. The third-order valence-electron chi connectivity index (χ3n) is 6.47. The second-order valence-corrected chi connectivity index (χ2v) is 8.88. The van der Waals surface area contributed by atoms with Crippen LogP contribution < -0.4 is 0 Å². The minimum Gasteiger partial charge on any atom is -0.256 e. The molecule has 0 spiro atoms. The molecule has 142 valence electrons. The highest BCUT2D eigenvalue weighted by Gasteiger charge is 2.36. The first kappa shape index (κ1) is 17.8. The molecule has 2 aliphatic rings. The number of hydrogen-bond donors (Lipinski definition) is 0. The average molecular weight is 390 g/mol. The number of allylic oxidation sites excluding steroid dienone is 1. The number of aromatic nitrogens is 1. The number of thiophene rings is 1. The molecule has 0 radical (unpaired) electrons. The highest BCUT2D eigenvalue weighted by molar-refractivity contribution is 7.08. The first-order valence-electron chi connectivity index (χ1n) is 10.2. The van der Waals surface area contributed by atoms with Crippen molar-refractivity contribution in [2.75, 3.05) is 0 Å². The fourth-order valence-electron chi connectivity index (χ4n) is 5.06. The van der Waals surface area contributed by atoms with E-state index in [0.29, 0.717) is 5.92 Å². The van der Waals surface area contributed by atoms with Crippen LogP contribution in [0, 0.1) is 17.7 Å². The predicted molar refractivity (Wildman–Crippen MR) is 115 cm³/mol. The van der Waals surface area contributed by atoms with Gasteiger partial charge in [-0.2, -0.15) is 11.3 Å². The SMILES string of the molecule is Fc1cccc(-c2ccc(/C=C/C3c4cscc4CC4CCCCC43)nc2)c1. The van der Waals surface area contributed by atoms with Crippen LogP contribution in [0.25, 0.3) is 17.2 Å². The first-order valence-corrected chi connectivity index (χ1v) is 11.2. The van der Waals surface area contributed by atoms with Crippen LogP contribution in [0.15, 0.2) is 59.4 Å². The Labute approximate surface area is 170 Å². The lowest BCUT2D eigenvalue weighted by atomic mass is 9.64. The van der Waals surface area contributed by atoms with E-state index in [1.807, 2.05) is 35.7 Å². The van der Waals surface area contributed by atoms with Crippen LogP contribution in [0.4, 0.5) is 4.39 Å². The maximum absolute atomic E-state index is 13.5. The molecule has 2 aromatic heterocycles. The van der Waals surface area contributed by atoms with Gasteiger partial charge in [0.2, 0.25) is 0 Å². The molecular formula is C25H24FNS. The molecule has 2 aliphatic carbocycles. The Morgan fingerprint density at radius 2 is 1.96 bits per heavy atom. The van der Waals surface area contributed by atoms with Crippen molar-refractivity contribution in [2.24, 2.45) is 11.8 Å². The molecule has 3 aromatic rings. The summed E-state index contributed by atoms with van der Waals surface area (Å²) in [6.45, 7) is 0. The fourth-order valence-corrected chi connectivity index (χ4v) is 5.98. The fraction of sp³-hybridized carbons (Fsp3) is 0.320. The predicted octanol–water partition coefficient (Wildman–Crippen LogP) is 7.11. The monoisotopic (exact) mass is 389 g/mol. The molecule has 1 saturated carbocycles. The summed E-state index contributed by atoms with van der Waals surface area (Å²) in [6, 6.07) is 10.7. The van der Waals surface area contributed by atoms with E-state index in [1.165, 1.54) is 38.2 Å². The summed E-state index contributed by atoms with van der Waals surface area (Å²) in [4.78, 5) is 4.61. The van der Waals surface area contributed by atoms with Gasteiger partial charge in [-0.25, -0.2) is 4.39 Å². The van der Waals surface area contributed by atoms with Crippen LogP contribution in [-0.4, -0.2) is 4.98 Å². The highest BCUT2D eigenvalue weighted by Crippen LogP contribution is 2.48. The molecule has 3 unspecified atom stereocenters. The van der Waals surface area contributed by atoms with Crippen LogP contribution in [0.3, 0.4) is 0 Å². The van der Waals surface area contributed by atoms with Crippen LogP contribution in [0.5, 0.6) is 0 Å². The van der Waals surface area contributed by atoms with E-state index in [-0.39, 0.29) is 5.82 Å². The maximum Gasteiger partial charge on any atom is 0.123 e. The van der Waals surface area contributed by atoms with E-state index >= 15 is 0 Å². The molecular weight excluding hydrogens is 365 g/mol. The summed E-state index contributed by atoms with van der Waals surface area (Å²) in [5, 5.41) is 4.71. The van der Waals surface area contributed by atoms with Crippen molar-refractivity contribution in [3.8, 4) is 11.1 Å². The molecule has 0 aliphatic heterocycles. The van der Waals surface area contributed by atoms with Gasteiger partial charge >= 0.3 is 0 Å². The van der Waals surface area contributed by atoms with Crippen molar-refractivity contribution in [2.45, 2.75) is 38.0 Å². The summed E-state index contributed by atoms with van der Waals surface area (Å²) in [5.41, 5.74) is 5.89. The second-order valence-electron chi connectivity index (χ2n) is 8.13. The van der Waals surface area contributed by atoms with Gasteiger partial charge in [-0.1, -0.05) is 37.1 Å². The van der Waals surface area contributed by atoms with Crippen molar-refractivity contribution < 1.29 is 4.39 Å². The molecule has 0 N–H and O–H groups in total. The van der Waals surface area contributed by atoms with Crippen molar-refractivity contribution in [1.82, 2.24) is 4.98 Å². The maximum atomic E-state index is 13.5. The molecule has 1 nitrogen and oxygen atoms in total. The zero-order valence-electron chi connectivity index (χ0n) is 15.9. The molecule has 0 saturated heterocycles. The topological polar surface area (TPSA) is 12.9 Å². The Morgan fingerprint density at radius 3 is 2.82 bits per heavy atom. The van der Waals surface area contributed by atoms with Gasteiger partial charge in [0.1, 0.15) is 5.82 Å². The van der Waals surface area contributed by atoms with Crippen molar-refractivity contribution in [1.29, 1.82) is 0 Å². The van der Waals surface area contributed by atoms with Crippen LogP contribution >= 0.6 is 11.3 Å². The summed E-state index contributed by atoms with van der Waals surface area (Å²) < 4.78 is 13.5. The third kappa shape index (κ3) is 3.44. The minimum atomic E-state index is -0.215. The van der Waals surface area contributed by atoms with Crippen molar-refractivity contribution in [3.05, 3.63) is 82.1 Å². The molecule has 0 amide bonds. The van der Waals surface area contributed by atoms with Gasteiger partial charge in [0, 0.05) is 17.7 Å². The van der Waals surface area contributed by atoms with Gasteiger partial charge in [0.05, 0.1) is 5.69 Å². The summed E-state index contributed by atoms with van der Waals surface area (Å²) in [6.07, 6.45) is 13.2. The van der Waals surface area contributed by atoms with Crippen LogP contribution in [0.1, 0.15) is 48.4 Å². The van der Waals surface area contributed by atoms with Gasteiger partial charge in [0.15, 0.2) is 0 Å². The Morgan fingerprint density at radius 1 is 1.04 bits per heavy atom. The van der Waals surface area contributed by atoms with Gasteiger partial charge in [0.25, 0.3) is 0 Å². The standard InChI is InChI=1S/C25H24FNS/c26-21-6-3-5-17(13-21)19-8-9-22(27-14-19)10-11-24-23-7-2-1-4-18(23)12-20-15-28-16-25(20)24/h3,5-6,8-11,13-16,18,23-24H,1-2,4,7,12H2/b11-10+. The van der Waals surface area contributed by atoms with Gasteiger partial charge < -0.3 is 0 Å². The minimum absolute atomic E-state index is 0.215. The number of fused-ring (bicyclic) bond motifs is 2. The number of halogens is 1. The Balaban J connectivity index is 1.39. The number of nitrogens with zero attached hydrogens (tertiary/aromatic N) is 1. The number of pyridine rings is 1. The zero-order chi connectivity index (χ0) is 18.9. The van der Waals surface area contributed by atoms with Crippen molar-refractivity contribution >= 4 is 17.4 Å². The zero-order valence-corrected chi connectivity index (χ0v) is 16.7. The number of benzene rings is 1. The Hall–Kier alpha value is -2.26. The Kier molecular flexibility index (Phi) is 4.86. The van der Waals surface area contributed by atoms with Gasteiger partial charge in [-0.15, -0.1) is 0 Å². The molecule has 3 heteroatoms. The molecule has 1 aromatic carbocycles. The highest BCUT2D eigenvalue weighted by atomic mass is 32.1. The number of rotatable bonds is 3. The quantitative estimate of drug-likeness (QED) is 0.465. The van der Waals surface area contributed by atoms with E-state index in [1.54, 1.807) is 23.3 Å². The van der Waals surface area contributed by atoms with E-state index in [2.05, 4.69) is 27.9 Å².